The molecule has 2 aromatic rings. The van der Waals surface area contributed by atoms with Gasteiger partial charge in [0.1, 0.15) is 83.8 Å². The average molecular weight is 1730 g/mol. The third-order valence-corrected chi connectivity index (χ3v) is 18.9. The number of phenols is 1. The molecule has 0 radical (unpaired) electrons. The van der Waals surface area contributed by atoms with Crippen LogP contribution >= 0.6 is 0 Å². The number of hydrogen-bond acceptors (Lipinski definition) is 23. The summed E-state index contributed by atoms with van der Waals surface area (Å²) in [7, 11) is 0. The highest BCUT2D eigenvalue weighted by atomic mass is 16.4. The summed E-state index contributed by atoms with van der Waals surface area (Å²) in [5, 5.41) is 60.2. The van der Waals surface area contributed by atoms with Crippen LogP contribution in [0.1, 0.15) is 204 Å². The Hall–Kier alpha value is -12.1. The van der Waals surface area contributed by atoms with Gasteiger partial charge in [0, 0.05) is 57.5 Å². The van der Waals surface area contributed by atoms with E-state index in [2.05, 4.69) is 84.1 Å². The Morgan fingerprint density at radius 3 is 1.37 bits per heavy atom. The number of carboxylic acids is 2. The highest BCUT2D eigenvalue weighted by molar-refractivity contribution is 6.01. The van der Waals surface area contributed by atoms with Crippen molar-refractivity contribution in [3.63, 3.8) is 0 Å². The van der Waals surface area contributed by atoms with E-state index in [0.717, 1.165) is 6.92 Å². The van der Waals surface area contributed by atoms with Crippen LogP contribution in [0.2, 0.25) is 0 Å². The van der Waals surface area contributed by atoms with Crippen molar-refractivity contribution in [2.75, 3.05) is 13.1 Å². The average Bonchev–Trinajstić information content (AvgIpc) is 0.914. The highest BCUT2D eigenvalue weighted by Crippen LogP contribution is 2.18. The standard InChI is InChI=1S/C76H127N23O19.C2H4O2/c1-13-15-19-46(90-68(113)53(34-39(3)4)94-66(111)50(27-30-56(79)102)92-70(115)59(41(7)14-2)97-67(112)51(28-31-57(103)104)96-73(118)76(11,12)99-71(116)58(40(5)6)98-72(117)75(9,10)83)64(109)95-54(36-44-37-84-38-86-44)69(114)91-49(26-29-55(78)101)65(110)89-48(21-18-33-85-74(81)82)62(107)87-42(8)61(106)88-47(20-16-17-32-77)63(108)93-52(60(80)105)35-43-22-24-45(100)25-23-43;1-2(3)4/h22-25,37-42,46-54,58-59,100H,13-21,26-36,77,83H2,1-12H3,(H2,78,101)(H2,79,102)(H2,80,105)(H,84,86)(H,87,107)(H,88,106)(H,89,110)(H,90,113)(H,91,114)(H,92,115)(H,93,108)(H,94,111)(H,95,109)(H,96,118)(H,97,112)(H,98,117)(H,99,116)(H,103,104)(H4,81,82,85);1H3,(H,3,4)/t41-,42-,46-,47-,48-,49-,50-,51-,52-,53-,54-,58-,59-;/m0./s1. The topological polar surface area (TPSA) is 748 Å². The molecule has 0 spiro atoms. The molecule has 684 valence electrons. The molecule has 0 unspecified atom stereocenters. The predicted octanol–water partition coefficient (Wildman–Crippen LogP) is -4.54. The normalized spacial score (nSPS) is 14.4. The van der Waals surface area contributed by atoms with Crippen LogP contribution in [0.25, 0.3) is 0 Å². The Morgan fingerprint density at radius 2 is 0.918 bits per heavy atom. The van der Waals surface area contributed by atoms with Crippen molar-refractivity contribution in [2.24, 2.45) is 62.9 Å². The van der Waals surface area contributed by atoms with Gasteiger partial charge in [0.25, 0.3) is 5.97 Å². The van der Waals surface area contributed by atoms with Gasteiger partial charge in [-0.05, 0) is 141 Å². The molecule has 13 atom stereocenters. The van der Waals surface area contributed by atoms with Gasteiger partial charge < -0.3 is 130 Å². The van der Waals surface area contributed by atoms with Gasteiger partial charge in [0.15, 0.2) is 5.96 Å². The first-order chi connectivity index (χ1) is 56.9. The molecule has 44 nitrogen and oxygen atoms in total. The summed E-state index contributed by atoms with van der Waals surface area (Å²) in [6, 6.07) is -12.0. The largest absolute Gasteiger partial charge is 0.508 e. The minimum atomic E-state index is -1.82. The van der Waals surface area contributed by atoms with Gasteiger partial charge in [-0.1, -0.05) is 79.9 Å². The summed E-state index contributed by atoms with van der Waals surface area (Å²) in [4.78, 5) is 254. The van der Waals surface area contributed by atoms with Crippen molar-refractivity contribution in [2.45, 2.75) is 289 Å². The van der Waals surface area contributed by atoms with Gasteiger partial charge in [-0.2, -0.15) is 0 Å². The highest BCUT2D eigenvalue weighted by Gasteiger charge is 2.41. The first-order valence-electron chi connectivity index (χ1n) is 40.4. The van der Waals surface area contributed by atoms with Crippen LogP contribution in [0.15, 0.2) is 41.8 Å². The number of phenolic OH excluding ortho intramolecular Hbond substituents is 1. The molecule has 122 heavy (non-hydrogen) atoms. The Bertz CT molecular complexity index is 3860. The predicted molar refractivity (Wildman–Crippen MR) is 446 cm³/mol. The molecule has 0 fully saturated rings. The summed E-state index contributed by atoms with van der Waals surface area (Å²) < 4.78 is 0. The number of carbonyl (C=O) groups is 18. The number of carbonyl (C=O) groups excluding carboxylic acids is 16. The number of imidazole rings is 1. The molecule has 2 rings (SSSR count). The molecule has 31 N–H and O–H groups in total. The summed E-state index contributed by atoms with van der Waals surface area (Å²) in [6.07, 6.45) is 0.396. The molecule has 1 heterocycles. The Kier molecular flexibility index (Phi) is 47.9. The van der Waals surface area contributed by atoms with Gasteiger partial charge in [-0.15, -0.1) is 0 Å². The number of benzene rings is 1. The minimum Gasteiger partial charge on any atom is -0.508 e. The second-order valence-corrected chi connectivity index (χ2v) is 31.7. The molecular weight excluding hydrogens is 1590 g/mol. The number of hydrogen-bond donors (Lipinski definition) is 24. The number of carboxylic acid groups (broad SMARTS) is 2. The van der Waals surface area contributed by atoms with Crippen molar-refractivity contribution < 1.29 is 102 Å². The molecule has 0 bridgehead atoms. The zero-order valence-corrected chi connectivity index (χ0v) is 71.9. The number of aliphatic imine (C=N–C) groups is 1. The first-order valence-corrected chi connectivity index (χ1v) is 40.4. The van der Waals surface area contributed by atoms with E-state index < -0.39 is 240 Å². The monoisotopic (exact) mass is 1730 g/mol. The van der Waals surface area contributed by atoms with Gasteiger partial charge >= 0.3 is 5.97 Å². The van der Waals surface area contributed by atoms with Crippen LogP contribution in [0.4, 0.5) is 0 Å². The van der Waals surface area contributed by atoms with Crippen LogP contribution in [0.5, 0.6) is 5.75 Å². The van der Waals surface area contributed by atoms with E-state index in [1.165, 1.54) is 71.4 Å². The number of aliphatic carboxylic acids is 2. The number of H-pyrrole nitrogens is 1. The van der Waals surface area contributed by atoms with Crippen molar-refractivity contribution in [1.82, 2.24) is 79.1 Å². The molecule has 16 amide bonds. The van der Waals surface area contributed by atoms with Crippen LogP contribution in [0.3, 0.4) is 0 Å². The van der Waals surface area contributed by atoms with Gasteiger partial charge in [-0.3, -0.25) is 91.3 Å². The number of amides is 16. The lowest BCUT2D eigenvalue weighted by Gasteiger charge is -2.32. The fourth-order valence-corrected chi connectivity index (χ4v) is 11.6. The molecule has 44 heteroatoms. The number of nitrogens with zero attached hydrogens (tertiary/aromatic N) is 2. The summed E-state index contributed by atoms with van der Waals surface area (Å²) in [5.74, 6) is -19.1. The van der Waals surface area contributed by atoms with Crippen molar-refractivity contribution in [3.8, 4) is 5.75 Å². The smallest absolute Gasteiger partial charge is 0.303 e. The number of nitrogens with one attached hydrogen (secondary N) is 14. The van der Waals surface area contributed by atoms with Crippen LogP contribution < -0.4 is 109 Å². The molecule has 1 aromatic heterocycles. The fourth-order valence-electron chi connectivity index (χ4n) is 11.6. The van der Waals surface area contributed by atoms with E-state index in [1.54, 1.807) is 48.5 Å². The quantitative estimate of drug-likeness (QED) is 0.0168. The van der Waals surface area contributed by atoms with E-state index in [4.69, 9.17) is 50.0 Å². The molecular formula is C78H131N23O21. The molecule has 0 aliphatic carbocycles. The lowest BCUT2D eigenvalue weighted by Crippen LogP contribution is -2.64. The first kappa shape index (κ1) is 108. The molecule has 0 aliphatic heterocycles. The maximum atomic E-state index is 14.8. The van der Waals surface area contributed by atoms with Gasteiger partial charge in [0.05, 0.1) is 11.9 Å². The van der Waals surface area contributed by atoms with E-state index in [9.17, 15) is 91.7 Å². The van der Waals surface area contributed by atoms with Crippen molar-refractivity contribution >= 4 is 112 Å². The summed E-state index contributed by atoms with van der Waals surface area (Å²) in [5.41, 5.74) is 37.2. The third kappa shape index (κ3) is 42.2. The second-order valence-electron chi connectivity index (χ2n) is 31.7. The number of unbranched alkanes of at least 4 members (excludes halogenated alkanes) is 2. The van der Waals surface area contributed by atoms with E-state index >= 15 is 0 Å². The van der Waals surface area contributed by atoms with Gasteiger partial charge in [0.2, 0.25) is 94.5 Å². The maximum Gasteiger partial charge on any atom is 0.303 e. The molecule has 0 saturated carbocycles. The number of rotatable bonds is 56. The van der Waals surface area contributed by atoms with Crippen molar-refractivity contribution in [1.29, 1.82) is 0 Å². The van der Waals surface area contributed by atoms with E-state index in [1.807, 2.05) is 0 Å². The Balaban J connectivity index is 0.0000182. The van der Waals surface area contributed by atoms with Gasteiger partial charge in [-0.25, -0.2) is 4.98 Å². The fraction of sp³-hybridized carbons (Fsp3) is 0.641. The lowest BCUT2D eigenvalue weighted by atomic mass is 9.96. The Morgan fingerprint density at radius 1 is 0.484 bits per heavy atom. The molecule has 1 aromatic carbocycles. The van der Waals surface area contributed by atoms with Crippen LogP contribution in [-0.2, 0) is 99.1 Å². The van der Waals surface area contributed by atoms with E-state index in [-0.39, 0.29) is 87.8 Å². The Labute approximate surface area is 709 Å². The summed E-state index contributed by atoms with van der Waals surface area (Å²) in [6.45, 7) is 19.7. The zero-order chi connectivity index (χ0) is 93.1. The maximum absolute atomic E-state index is 14.8. The molecule has 0 saturated heterocycles. The number of aromatic hydroxyl groups is 1. The number of guanidine groups is 1. The number of aromatic amines is 1. The number of nitrogens with two attached hydrogens (primary N) is 7. The second kappa shape index (κ2) is 54.2. The molecule has 0 aliphatic rings. The van der Waals surface area contributed by atoms with E-state index in [0.29, 0.717) is 31.2 Å². The van der Waals surface area contributed by atoms with Crippen molar-refractivity contribution in [3.05, 3.63) is 48.0 Å². The minimum absolute atomic E-state index is 0.0281. The number of primary amides is 3. The summed E-state index contributed by atoms with van der Waals surface area (Å²) >= 11 is 0. The SMILES string of the molecule is CC(=O)O.CCCC[C@H](NC(=O)[C@H](CC(C)C)NC(=O)[C@H](CCC(N)=O)NC(=O)[C@@H](NC(=O)[C@H](CCC(=O)O)NC(=O)C(C)(C)NC(=O)[C@@H](NC(=O)C(C)(C)N)C(C)C)[C@@H](C)CC)C(=O)N[C@@H](Cc1cnc[nH]1)C(=O)N[C@@H](CCC(N)=O)C(=O)N[C@@H](CCCN=C(N)N)C(=O)N[C@@H](C)C(=O)N[C@@H](CCCCN)C(=O)N[C@@H](Cc1ccc(O)cc1)C(N)=O. The van der Waals surface area contributed by atoms with Crippen LogP contribution in [-0.4, -0.2) is 234 Å². The number of aromatic nitrogens is 2. The zero-order valence-electron chi connectivity index (χ0n) is 71.9. The third-order valence-electron chi connectivity index (χ3n) is 18.9. The lowest BCUT2D eigenvalue weighted by molar-refractivity contribution is -0.140. The van der Waals surface area contributed by atoms with Crippen LogP contribution in [0, 0.1) is 17.8 Å².